The molecular formula is C14H21ClN2O4S. The van der Waals surface area contributed by atoms with Gasteiger partial charge in [-0.05, 0) is 32.0 Å². The minimum Gasteiger partial charge on any atom is -0.496 e. The van der Waals surface area contributed by atoms with Gasteiger partial charge in [-0.2, -0.15) is 0 Å². The van der Waals surface area contributed by atoms with Crippen LogP contribution in [0.5, 0.6) is 5.75 Å². The second-order valence-corrected chi connectivity index (χ2v) is 6.85. The van der Waals surface area contributed by atoms with E-state index in [1.54, 1.807) is 17.0 Å². The summed E-state index contributed by atoms with van der Waals surface area (Å²) in [6.45, 7) is 4.50. The number of methoxy groups -OCH3 is 1. The summed E-state index contributed by atoms with van der Waals surface area (Å²) in [6, 6.07) is 4.76. The van der Waals surface area contributed by atoms with Gasteiger partial charge in [0, 0.05) is 23.7 Å². The van der Waals surface area contributed by atoms with Gasteiger partial charge in [-0.1, -0.05) is 11.6 Å². The Kier molecular flexibility index (Phi) is 7.12. The molecule has 0 bridgehead atoms. The zero-order chi connectivity index (χ0) is 16.8. The fraction of sp³-hybridized carbons (Fsp3) is 0.500. The van der Waals surface area contributed by atoms with Gasteiger partial charge in [0.1, 0.15) is 5.75 Å². The first-order chi connectivity index (χ1) is 10.3. The third-order valence-corrected chi connectivity index (χ3v) is 4.66. The molecule has 8 heteroatoms. The van der Waals surface area contributed by atoms with Crippen LogP contribution in [0.2, 0.25) is 5.02 Å². The van der Waals surface area contributed by atoms with E-state index in [0.717, 1.165) is 0 Å². The first-order valence-electron chi connectivity index (χ1n) is 6.90. The minimum absolute atomic E-state index is 0.257. The molecule has 0 aliphatic heterocycles. The molecule has 124 valence electrons. The van der Waals surface area contributed by atoms with Gasteiger partial charge in [0.2, 0.25) is 15.9 Å². The lowest BCUT2D eigenvalue weighted by molar-refractivity contribution is -0.129. The summed E-state index contributed by atoms with van der Waals surface area (Å²) < 4.78 is 31.6. The summed E-state index contributed by atoms with van der Waals surface area (Å²) in [6.07, 6.45) is 0. The van der Waals surface area contributed by atoms with E-state index in [0.29, 0.717) is 29.4 Å². The molecule has 0 heterocycles. The lowest BCUT2D eigenvalue weighted by Gasteiger charge is -2.18. The number of hydrogen-bond donors (Lipinski definition) is 1. The average Bonchev–Trinajstić information content (AvgIpc) is 2.46. The third kappa shape index (κ3) is 5.47. The number of nitrogens with zero attached hydrogens (tertiary/aromatic N) is 1. The Labute approximate surface area is 136 Å². The van der Waals surface area contributed by atoms with Gasteiger partial charge in [-0.3, -0.25) is 4.79 Å². The van der Waals surface area contributed by atoms with E-state index in [1.165, 1.54) is 13.2 Å². The number of hydrogen-bond acceptors (Lipinski definition) is 4. The molecule has 1 N–H and O–H groups in total. The van der Waals surface area contributed by atoms with E-state index >= 15 is 0 Å². The third-order valence-electron chi connectivity index (χ3n) is 3.15. The van der Waals surface area contributed by atoms with Crippen LogP contribution in [0, 0.1) is 0 Å². The Morgan fingerprint density at radius 3 is 2.50 bits per heavy atom. The molecule has 1 aromatic rings. The van der Waals surface area contributed by atoms with Crippen molar-refractivity contribution in [1.29, 1.82) is 0 Å². The fourth-order valence-electron chi connectivity index (χ4n) is 1.98. The molecule has 0 unspecified atom stereocenters. The molecule has 0 atom stereocenters. The predicted molar refractivity (Wildman–Crippen MR) is 86.6 cm³/mol. The maximum atomic E-state index is 12.1. The van der Waals surface area contributed by atoms with Crippen LogP contribution >= 0.6 is 11.6 Å². The molecule has 22 heavy (non-hydrogen) atoms. The molecule has 0 spiro atoms. The number of ether oxygens (including phenoxy) is 1. The molecule has 0 fully saturated rings. The van der Waals surface area contributed by atoms with Crippen molar-refractivity contribution in [2.75, 3.05) is 26.7 Å². The van der Waals surface area contributed by atoms with Crippen molar-refractivity contribution in [3.8, 4) is 5.75 Å². The zero-order valence-corrected chi connectivity index (χ0v) is 14.5. The van der Waals surface area contributed by atoms with Crippen LogP contribution in [-0.2, 0) is 20.6 Å². The highest BCUT2D eigenvalue weighted by atomic mass is 35.5. The Bertz CT molecular complexity index is 615. The molecule has 1 amide bonds. The van der Waals surface area contributed by atoms with Crippen LogP contribution in [0.25, 0.3) is 0 Å². The molecule has 6 nitrogen and oxygen atoms in total. The van der Waals surface area contributed by atoms with Crippen molar-refractivity contribution >= 4 is 27.5 Å². The summed E-state index contributed by atoms with van der Waals surface area (Å²) >= 11 is 5.88. The van der Waals surface area contributed by atoms with E-state index in [2.05, 4.69) is 4.72 Å². The van der Waals surface area contributed by atoms with Crippen molar-refractivity contribution in [3.05, 3.63) is 28.8 Å². The number of sulfonamides is 1. The van der Waals surface area contributed by atoms with Crippen molar-refractivity contribution in [1.82, 2.24) is 9.62 Å². The van der Waals surface area contributed by atoms with Crippen LogP contribution < -0.4 is 9.46 Å². The Hall–Kier alpha value is -1.31. The van der Waals surface area contributed by atoms with E-state index in [4.69, 9.17) is 16.3 Å². The molecule has 0 radical (unpaired) electrons. The van der Waals surface area contributed by atoms with E-state index < -0.39 is 10.0 Å². The summed E-state index contributed by atoms with van der Waals surface area (Å²) in [4.78, 5) is 13.4. The number of likely N-dealkylation sites (N-methyl/N-ethyl adjacent to an activating group) is 1. The monoisotopic (exact) mass is 348 g/mol. The number of nitrogens with one attached hydrogen (secondary N) is 1. The van der Waals surface area contributed by atoms with Gasteiger partial charge in [0.05, 0.1) is 19.4 Å². The SMILES string of the molecule is CCN(CC)C(=O)CNS(=O)(=O)Cc1cc(Cl)ccc1OC. The Morgan fingerprint density at radius 2 is 1.95 bits per heavy atom. The Balaban J connectivity index is 2.76. The van der Waals surface area contributed by atoms with Crippen molar-refractivity contribution in [3.63, 3.8) is 0 Å². The van der Waals surface area contributed by atoms with E-state index in [1.807, 2.05) is 13.8 Å². The number of carbonyl (C=O) groups is 1. The van der Waals surface area contributed by atoms with E-state index in [9.17, 15) is 13.2 Å². The van der Waals surface area contributed by atoms with Crippen LogP contribution in [0.15, 0.2) is 18.2 Å². The molecule has 1 rings (SSSR count). The van der Waals surface area contributed by atoms with Gasteiger partial charge < -0.3 is 9.64 Å². The number of amides is 1. The van der Waals surface area contributed by atoms with E-state index in [-0.39, 0.29) is 18.2 Å². The van der Waals surface area contributed by atoms with Gasteiger partial charge >= 0.3 is 0 Å². The Morgan fingerprint density at radius 1 is 1.32 bits per heavy atom. The smallest absolute Gasteiger partial charge is 0.237 e. The average molecular weight is 349 g/mol. The second-order valence-electron chi connectivity index (χ2n) is 4.60. The highest BCUT2D eigenvalue weighted by Crippen LogP contribution is 2.24. The summed E-state index contributed by atoms with van der Waals surface area (Å²) in [5, 5.41) is 0.421. The highest BCUT2D eigenvalue weighted by molar-refractivity contribution is 7.88. The second kappa shape index (κ2) is 8.36. The molecular weight excluding hydrogens is 328 g/mol. The first kappa shape index (κ1) is 18.7. The molecule has 0 aliphatic rings. The van der Waals surface area contributed by atoms with Gasteiger partial charge in [-0.15, -0.1) is 0 Å². The summed E-state index contributed by atoms with van der Waals surface area (Å²) in [7, 11) is -2.21. The molecule has 0 aromatic heterocycles. The highest BCUT2D eigenvalue weighted by Gasteiger charge is 2.18. The molecule has 1 aromatic carbocycles. The van der Waals surface area contributed by atoms with Crippen LogP contribution in [0.4, 0.5) is 0 Å². The normalized spacial score (nSPS) is 11.3. The fourth-order valence-corrected chi connectivity index (χ4v) is 3.25. The minimum atomic E-state index is -3.67. The van der Waals surface area contributed by atoms with Gasteiger partial charge in [0.15, 0.2) is 0 Å². The lowest BCUT2D eigenvalue weighted by Crippen LogP contribution is -2.40. The topological polar surface area (TPSA) is 75.7 Å². The molecule has 0 aliphatic carbocycles. The maximum Gasteiger partial charge on any atom is 0.237 e. The van der Waals surface area contributed by atoms with Crippen LogP contribution in [0.1, 0.15) is 19.4 Å². The van der Waals surface area contributed by atoms with Crippen molar-refractivity contribution < 1.29 is 17.9 Å². The first-order valence-corrected chi connectivity index (χ1v) is 8.93. The standard InChI is InChI=1S/C14H21ClN2O4S/c1-4-17(5-2)14(18)9-16-22(19,20)10-11-8-12(15)6-7-13(11)21-3/h6-8,16H,4-5,9-10H2,1-3H3. The maximum absolute atomic E-state index is 12.1. The summed E-state index contributed by atoms with van der Waals surface area (Å²) in [5.41, 5.74) is 0.442. The lowest BCUT2D eigenvalue weighted by atomic mass is 10.2. The molecule has 0 saturated heterocycles. The van der Waals surface area contributed by atoms with Gasteiger partial charge in [-0.25, -0.2) is 13.1 Å². The van der Waals surface area contributed by atoms with Crippen LogP contribution in [-0.4, -0.2) is 46.0 Å². The summed E-state index contributed by atoms with van der Waals surface area (Å²) in [5.74, 6) is -0.126. The number of rotatable bonds is 8. The van der Waals surface area contributed by atoms with Crippen LogP contribution in [0.3, 0.4) is 0 Å². The number of halogens is 1. The largest absolute Gasteiger partial charge is 0.496 e. The quantitative estimate of drug-likeness (QED) is 0.774. The van der Waals surface area contributed by atoms with Crippen molar-refractivity contribution in [2.24, 2.45) is 0 Å². The number of benzene rings is 1. The predicted octanol–water partition coefficient (Wildman–Crippen LogP) is 1.64. The van der Waals surface area contributed by atoms with Gasteiger partial charge in [0.25, 0.3) is 0 Å². The zero-order valence-electron chi connectivity index (χ0n) is 12.9. The number of carbonyl (C=O) groups excluding carboxylic acids is 1. The molecule has 0 saturated carbocycles. The van der Waals surface area contributed by atoms with Crippen molar-refractivity contribution in [2.45, 2.75) is 19.6 Å².